The molecule has 158 valence electrons. The van der Waals surface area contributed by atoms with Gasteiger partial charge in [-0.05, 0) is 35.9 Å². The molecule has 4 rings (SSSR count). The Morgan fingerprint density at radius 2 is 1.78 bits per heavy atom. The molecule has 0 unspecified atom stereocenters. The predicted molar refractivity (Wildman–Crippen MR) is 127 cm³/mol. The van der Waals surface area contributed by atoms with Gasteiger partial charge in [0.2, 0.25) is 5.91 Å². The number of nitriles is 1. The molecular formula is C24H17ClN4O2S. The highest BCUT2D eigenvalue weighted by Crippen LogP contribution is 2.22. The zero-order chi connectivity index (χ0) is 22.5. The summed E-state index contributed by atoms with van der Waals surface area (Å²) in [4.78, 5) is 30.4. The summed E-state index contributed by atoms with van der Waals surface area (Å²) in [5, 5.41) is 13.4. The number of hydrogen-bond donors (Lipinski definition) is 1. The second-order valence-corrected chi connectivity index (χ2v) is 8.24. The summed E-state index contributed by atoms with van der Waals surface area (Å²) in [5.74, 6) is -0.281. The van der Waals surface area contributed by atoms with Crippen LogP contribution in [0.25, 0.3) is 10.9 Å². The molecule has 1 amide bonds. The van der Waals surface area contributed by atoms with Crippen LogP contribution in [0.15, 0.2) is 82.7 Å². The van der Waals surface area contributed by atoms with Crippen LogP contribution in [0.4, 0.5) is 5.69 Å². The van der Waals surface area contributed by atoms with Gasteiger partial charge in [-0.1, -0.05) is 65.8 Å². The summed E-state index contributed by atoms with van der Waals surface area (Å²) in [5.41, 5.74) is 1.97. The van der Waals surface area contributed by atoms with Gasteiger partial charge in [0.25, 0.3) is 5.56 Å². The molecule has 0 radical (unpaired) electrons. The van der Waals surface area contributed by atoms with E-state index in [1.807, 2.05) is 24.3 Å². The van der Waals surface area contributed by atoms with Crippen molar-refractivity contribution < 1.29 is 4.79 Å². The number of hydrogen-bond acceptors (Lipinski definition) is 5. The molecule has 32 heavy (non-hydrogen) atoms. The highest BCUT2D eigenvalue weighted by Gasteiger charge is 2.15. The lowest BCUT2D eigenvalue weighted by molar-refractivity contribution is -0.113. The van der Waals surface area contributed by atoms with Crippen molar-refractivity contribution in [2.45, 2.75) is 11.7 Å². The number of nitrogens with zero attached hydrogens (tertiary/aromatic N) is 3. The van der Waals surface area contributed by atoms with Crippen molar-refractivity contribution in [1.82, 2.24) is 9.55 Å². The topological polar surface area (TPSA) is 87.8 Å². The molecule has 1 heterocycles. The molecule has 8 heteroatoms. The number of carbonyl (C=O) groups excluding carboxylic acids is 1. The fraction of sp³-hybridized carbons (Fsp3) is 0.0833. The Balaban J connectivity index is 1.64. The maximum atomic E-state index is 13.2. The number of aromatic nitrogens is 2. The van der Waals surface area contributed by atoms with E-state index < -0.39 is 0 Å². The van der Waals surface area contributed by atoms with E-state index >= 15 is 0 Å². The van der Waals surface area contributed by atoms with Crippen molar-refractivity contribution in [3.8, 4) is 6.07 Å². The standard InChI is InChI=1S/C24H17ClN4O2S/c25-19-10-4-1-8-17(19)14-29-23(31)18-9-3-6-12-21(18)28-24(29)32-15-22(30)27-20-11-5-2-7-16(20)13-26/h1-12H,14-15H2,(H,27,30). The van der Waals surface area contributed by atoms with Crippen LogP contribution in [0, 0.1) is 11.3 Å². The number of carbonyl (C=O) groups is 1. The van der Waals surface area contributed by atoms with Gasteiger partial charge in [0.15, 0.2) is 5.16 Å². The van der Waals surface area contributed by atoms with E-state index in [0.29, 0.717) is 32.3 Å². The summed E-state index contributed by atoms with van der Waals surface area (Å²) in [6.45, 7) is 0.234. The number of fused-ring (bicyclic) bond motifs is 1. The highest BCUT2D eigenvalue weighted by molar-refractivity contribution is 7.99. The zero-order valence-electron chi connectivity index (χ0n) is 16.8. The quantitative estimate of drug-likeness (QED) is 0.333. The van der Waals surface area contributed by atoms with E-state index in [0.717, 1.165) is 17.3 Å². The van der Waals surface area contributed by atoms with Crippen LogP contribution < -0.4 is 10.9 Å². The molecule has 4 aromatic rings. The predicted octanol–water partition coefficient (Wildman–Crippen LogP) is 4.70. The summed E-state index contributed by atoms with van der Waals surface area (Å²) < 4.78 is 1.53. The summed E-state index contributed by atoms with van der Waals surface area (Å²) in [7, 11) is 0. The van der Waals surface area contributed by atoms with Crippen LogP contribution in [0.2, 0.25) is 5.02 Å². The third kappa shape index (κ3) is 4.67. The molecule has 0 aliphatic heterocycles. The monoisotopic (exact) mass is 460 g/mol. The third-order valence-electron chi connectivity index (χ3n) is 4.77. The first-order valence-electron chi connectivity index (χ1n) is 9.71. The molecule has 0 saturated carbocycles. The third-order valence-corrected chi connectivity index (χ3v) is 6.11. The lowest BCUT2D eigenvalue weighted by atomic mass is 10.2. The average molecular weight is 461 g/mol. The lowest BCUT2D eigenvalue weighted by Gasteiger charge is -2.14. The normalized spacial score (nSPS) is 10.6. The highest BCUT2D eigenvalue weighted by atomic mass is 35.5. The van der Waals surface area contributed by atoms with E-state index in [-0.39, 0.29) is 23.8 Å². The summed E-state index contributed by atoms with van der Waals surface area (Å²) in [6.07, 6.45) is 0. The van der Waals surface area contributed by atoms with Crippen LogP contribution in [-0.4, -0.2) is 21.2 Å². The van der Waals surface area contributed by atoms with Gasteiger partial charge in [-0.2, -0.15) is 5.26 Å². The van der Waals surface area contributed by atoms with Gasteiger partial charge < -0.3 is 5.32 Å². The lowest BCUT2D eigenvalue weighted by Crippen LogP contribution is -2.25. The first-order valence-corrected chi connectivity index (χ1v) is 11.1. The van der Waals surface area contributed by atoms with Crippen molar-refractivity contribution in [1.29, 1.82) is 5.26 Å². The van der Waals surface area contributed by atoms with Crippen LogP contribution in [-0.2, 0) is 11.3 Å². The van der Waals surface area contributed by atoms with Gasteiger partial charge in [-0.15, -0.1) is 0 Å². The van der Waals surface area contributed by atoms with Gasteiger partial charge in [-0.3, -0.25) is 14.2 Å². The van der Waals surface area contributed by atoms with E-state index in [4.69, 9.17) is 11.6 Å². The zero-order valence-corrected chi connectivity index (χ0v) is 18.4. The van der Waals surface area contributed by atoms with Crippen molar-refractivity contribution >= 4 is 45.9 Å². The second-order valence-electron chi connectivity index (χ2n) is 6.89. The maximum Gasteiger partial charge on any atom is 0.262 e. The molecule has 0 saturated heterocycles. The smallest absolute Gasteiger partial charge is 0.262 e. The first-order chi connectivity index (χ1) is 15.6. The Hall–Kier alpha value is -3.60. The minimum absolute atomic E-state index is 0.0209. The van der Waals surface area contributed by atoms with E-state index in [1.54, 1.807) is 48.5 Å². The SMILES string of the molecule is N#Cc1ccccc1NC(=O)CSc1nc2ccccc2c(=O)n1Cc1ccccc1Cl. The van der Waals surface area contributed by atoms with Crippen molar-refractivity contribution in [3.63, 3.8) is 0 Å². The van der Waals surface area contributed by atoms with Gasteiger partial charge in [0, 0.05) is 5.02 Å². The Morgan fingerprint density at radius 3 is 2.59 bits per heavy atom. The van der Waals surface area contributed by atoms with Crippen molar-refractivity contribution in [2.24, 2.45) is 0 Å². The molecule has 0 bridgehead atoms. The van der Waals surface area contributed by atoms with Gasteiger partial charge >= 0.3 is 0 Å². The number of nitrogens with one attached hydrogen (secondary N) is 1. The number of halogens is 1. The van der Waals surface area contributed by atoms with Gasteiger partial charge in [0.1, 0.15) is 6.07 Å². The average Bonchev–Trinajstić information content (AvgIpc) is 2.81. The summed E-state index contributed by atoms with van der Waals surface area (Å²) in [6, 6.07) is 23.2. The molecule has 1 N–H and O–H groups in total. The van der Waals surface area contributed by atoms with E-state index in [1.165, 1.54) is 4.57 Å². The fourth-order valence-electron chi connectivity index (χ4n) is 3.20. The maximum absolute atomic E-state index is 13.2. The Labute approximate surface area is 193 Å². The molecule has 0 aliphatic rings. The molecular weight excluding hydrogens is 444 g/mol. The van der Waals surface area contributed by atoms with Crippen LogP contribution in [0.1, 0.15) is 11.1 Å². The number of thioether (sulfide) groups is 1. The molecule has 0 spiro atoms. The molecule has 1 aromatic heterocycles. The van der Waals surface area contributed by atoms with Crippen LogP contribution >= 0.6 is 23.4 Å². The minimum Gasteiger partial charge on any atom is -0.324 e. The molecule has 3 aromatic carbocycles. The Kier molecular flexibility index (Phi) is 6.55. The Bertz CT molecular complexity index is 1410. The number of para-hydroxylation sites is 2. The molecule has 0 fully saturated rings. The Morgan fingerprint density at radius 1 is 1.06 bits per heavy atom. The number of anilines is 1. The number of rotatable bonds is 6. The van der Waals surface area contributed by atoms with E-state index in [9.17, 15) is 14.9 Å². The van der Waals surface area contributed by atoms with Gasteiger partial charge in [0.05, 0.1) is 34.5 Å². The molecule has 0 atom stereocenters. The van der Waals surface area contributed by atoms with Crippen LogP contribution in [0.3, 0.4) is 0 Å². The molecule has 0 aliphatic carbocycles. The number of benzene rings is 3. The van der Waals surface area contributed by atoms with Crippen LogP contribution in [0.5, 0.6) is 0 Å². The van der Waals surface area contributed by atoms with Crippen molar-refractivity contribution in [2.75, 3.05) is 11.1 Å². The van der Waals surface area contributed by atoms with E-state index in [2.05, 4.69) is 16.4 Å². The fourth-order valence-corrected chi connectivity index (χ4v) is 4.19. The summed E-state index contributed by atoms with van der Waals surface area (Å²) >= 11 is 7.47. The van der Waals surface area contributed by atoms with Gasteiger partial charge in [-0.25, -0.2) is 4.98 Å². The minimum atomic E-state index is -0.301. The first kappa shape index (κ1) is 21.6. The number of amides is 1. The molecule has 6 nitrogen and oxygen atoms in total. The second kappa shape index (κ2) is 9.69. The van der Waals surface area contributed by atoms with Crippen molar-refractivity contribution in [3.05, 3.63) is 99.3 Å². The largest absolute Gasteiger partial charge is 0.324 e.